The smallest absolute Gasteiger partial charge is 0.407 e. The number of carbonyl (C=O) groups excluding carboxylic acids is 2. The zero-order chi connectivity index (χ0) is 14.3. The lowest BCUT2D eigenvalue weighted by atomic mass is 10.0. The molecule has 2 N–H and O–H groups in total. The van der Waals surface area contributed by atoms with Gasteiger partial charge < -0.3 is 15.2 Å². The molecule has 1 rings (SSSR count). The number of aliphatic hydroxyl groups excluding tert-OH is 1. The number of rotatable bonds is 6. The number of Topliss-reactive ketones (excluding diaryl/α,β-unsaturated/α-hetero) is 1. The van der Waals surface area contributed by atoms with Gasteiger partial charge in [0, 0.05) is 12.5 Å². The van der Waals surface area contributed by atoms with Gasteiger partial charge in [-0.1, -0.05) is 37.3 Å². The molecule has 1 aromatic rings. The van der Waals surface area contributed by atoms with Gasteiger partial charge in [-0.05, 0) is 12.5 Å². The Morgan fingerprint density at radius 2 is 1.95 bits per heavy atom. The summed E-state index contributed by atoms with van der Waals surface area (Å²) in [6.45, 7) is 3.19. The lowest BCUT2D eigenvalue weighted by molar-refractivity contribution is -0.123. The molecule has 2 unspecified atom stereocenters. The summed E-state index contributed by atoms with van der Waals surface area (Å²) in [5.74, 6) is -0.624. The van der Waals surface area contributed by atoms with Crippen LogP contribution < -0.4 is 5.32 Å². The SMILES string of the molecule is CC(=O)C(C)C(O)CNC(=O)OCc1ccccc1. The molecular weight excluding hydrogens is 246 g/mol. The standard InChI is InChI=1S/C14H19NO4/c1-10(11(2)16)13(17)8-15-14(18)19-9-12-6-4-3-5-7-12/h3-7,10,13,17H,8-9H2,1-2H3,(H,15,18). The summed E-state index contributed by atoms with van der Waals surface area (Å²) in [5.41, 5.74) is 0.885. The van der Waals surface area contributed by atoms with Crippen molar-refractivity contribution in [2.24, 2.45) is 5.92 Å². The second-order valence-corrected chi connectivity index (χ2v) is 4.41. The van der Waals surface area contributed by atoms with E-state index >= 15 is 0 Å². The van der Waals surface area contributed by atoms with E-state index in [2.05, 4.69) is 5.32 Å². The van der Waals surface area contributed by atoms with Crippen LogP contribution in [0.15, 0.2) is 30.3 Å². The van der Waals surface area contributed by atoms with Crippen molar-refractivity contribution in [1.82, 2.24) is 5.32 Å². The summed E-state index contributed by atoms with van der Waals surface area (Å²) in [6.07, 6.45) is -1.51. The Labute approximate surface area is 112 Å². The van der Waals surface area contributed by atoms with E-state index in [1.807, 2.05) is 30.3 Å². The van der Waals surface area contributed by atoms with Gasteiger partial charge in [0.2, 0.25) is 0 Å². The first-order valence-corrected chi connectivity index (χ1v) is 6.13. The van der Waals surface area contributed by atoms with Crippen molar-refractivity contribution in [2.45, 2.75) is 26.6 Å². The number of carbonyl (C=O) groups is 2. The zero-order valence-electron chi connectivity index (χ0n) is 11.1. The van der Waals surface area contributed by atoms with Gasteiger partial charge in [0.05, 0.1) is 6.10 Å². The highest BCUT2D eigenvalue weighted by Crippen LogP contribution is 2.04. The van der Waals surface area contributed by atoms with E-state index in [0.29, 0.717) is 0 Å². The molecule has 1 amide bonds. The zero-order valence-corrected chi connectivity index (χ0v) is 11.1. The van der Waals surface area contributed by atoms with Crippen molar-refractivity contribution in [3.63, 3.8) is 0 Å². The molecule has 0 heterocycles. The van der Waals surface area contributed by atoms with Crippen molar-refractivity contribution in [1.29, 1.82) is 0 Å². The average molecular weight is 265 g/mol. The number of aliphatic hydroxyl groups is 1. The van der Waals surface area contributed by atoms with Gasteiger partial charge in [0.1, 0.15) is 12.4 Å². The molecule has 5 nitrogen and oxygen atoms in total. The summed E-state index contributed by atoms with van der Waals surface area (Å²) in [6, 6.07) is 9.28. The molecular formula is C14H19NO4. The van der Waals surface area contributed by atoms with E-state index < -0.39 is 18.1 Å². The average Bonchev–Trinajstić information content (AvgIpc) is 2.42. The number of benzene rings is 1. The summed E-state index contributed by atoms with van der Waals surface area (Å²) in [7, 11) is 0. The van der Waals surface area contributed by atoms with Crippen LogP contribution in [0.2, 0.25) is 0 Å². The number of amides is 1. The normalized spacial score (nSPS) is 13.4. The van der Waals surface area contributed by atoms with Gasteiger partial charge in [-0.2, -0.15) is 0 Å². The summed E-state index contributed by atoms with van der Waals surface area (Å²) in [5, 5.41) is 12.1. The Bertz CT molecular complexity index is 419. The summed E-state index contributed by atoms with van der Waals surface area (Å²) < 4.78 is 4.97. The van der Waals surface area contributed by atoms with Crippen LogP contribution in [0.5, 0.6) is 0 Å². The molecule has 104 valence electrons. The Morgan fingerprint density at radius 3 is 2.53 bits per heavy atom. The molecule has 0 aromatic heterocycles. The van der Waals surface area contributed by atoms with Gasteiger partial charge in [-0.15, -0.1) is 0 Å². The molecule has 2 atom stereocenters. The van der Waals surface area contributed by atoms with Gasteiger partial charge in [-0.25, -0.2) is 4.79 Å². The Morgan fingerprint density at radius 1 is 1.32 bits per heavy atom. The molecule has 0 radical (unpaired) electrons. The van der Waals surface area contributed by atoms with Crippen LogP contribution in [-0.2, 0) is 16.1 Å². The highest BCUT2D eigenvalue weighted by molar-refractivity contribution is 5.78. The van der Waals surface area contributed by atoms with E-state index in [-0.39, 0.29) is 18.9 Å². The number of hydrogen-bond donors (Lipinski definition) is 2. The molecule has 0 aliphatic rings. The highest BCUT2D eigenvalue weighted by atomic mass is 16.5. The fourth-order valence-electron chi connectivity index (χ4n) is 1.41. The second kappa shape index (κ2) is 7.53. The minimum atomic E-state index is -0.901. The fourth-order valence-corrected chi connectivity index (χ4v) is 1.41. The van der Waals surface area contributed by atoms with Gasteiger partial charge in [0.15, 0.2) is 0 Å². The van der Waals surface area contributed by atoms with E-state index in [4.69, 9.17) is 4.74 Å². The summed E-state index contributed by atoms with van der Waals surface area (Å²) >= 11 is 0. The largest absolute Gasteiger partial charge is 0.445 e. The molecule has 0 saturated heterocycles. The summed E-state index contributed by atoms with van der Waals surface area (Å²) in [4.78, 5) is 22.4. The van der Waals surface area contributed by atoms with Crippen LogP contribution in [0, 0.1) is 5.92 Å². The molecule has 0 fully saturated rings. The van der Waals surface area contributed by atoms with Gasteiger partial charge in [-0.3, -0.25) is 4.79 Å². The first-order chi connectivity index (χ1) is 9.00. The predicted octanol–water partition coefficient (Wildman–Crippen LogP) is 1.50. The maximum Gasteiger partial charge on any atom is 0.407 e. The fraction of sp³-hybridized carbons (Fsp3) is 0.429. The third-order valence-corrected chi connectivity index (χ3v) is 2.89. The lowest BCUT2D eigenvalue weighted by Gasteiger charge is -2.16. The van der Waals surface area contributed by atoms with Crippen LogP contribution in [0.25, 0.3) is 0 Å². The van der Waals surface area contributed by atoms with Crippen molar-refractivity contribution in [2.75, 3.05) is 6.54 Å². The van der Waals surface area contributed by atoms with Crippen LogP contribution in [0.3, 0.4) is 0 Å². The Hall–Kier alpha value is -1.88. The van der Waals surface area contributed by atoms with Crippen molar-refractivity contribution in [3.05, 3.63) is 35.9 Å². The minimum Gasteiger partial charge on any atom is -0.445 e. The quantitative estimate of drug-likeness (QED) is 0.817. The number of hydrogen-bond acceptors (Lipinski definition) is 4. The van der Waals surface area contributed by atoms with Crippen molar-refractivity contribution >= 4 is 11.9 Å². The van der Waals surface area contributed by atoms with E-state index in [1.165, 1.54) is 6.92 Å². The van der Waals surface area contributed by atoms with Crippen LogP contribution >= 0.6 is 0 Å². The molecule has 19 heavy (non-hydrogen) atoms. The maximum absolute atomic E-state index is 11.4. The molecule has 0 spiro atoms. The van der Waals surface area contributed by atoms with E-state index in [0.717, 1.165) is 5.56 Å². The van der Waals surface area contributed by atoms with Gasteiger partial charge in [0.25, 0.3) is 0 Å². The molecule has 0 aliphatic heterocycles. The van der Waals surface area contributed by atoms with E-state index in [9.17, 15) is 14.7 Å². The number of ketones is 1. The monoisotopic (exact) mass is 265 g/mol. The Balaban J connectivity index is 2.27. The molecule has 5 heteroatoms. The van der Waals surface area contributed by atoms with E-state index in [1.54, 1.807) is 6.92 Å². The molecule has 0 saturated carbocycles. The van der Waals surface area contributed by atoms with Crippen molar-refractivity contribution < 1.29 is 19.4 Å². The number of ether oxygens (including phenoxy) is 1. The molecule has 1 aromatic carbocycles. The molecule has 0 bridgehead atoms. The van der Waals surface area contributed by atoms with Crippen LogP contribution in [0.4, 0.5) is 4.79 Å². The maximum atomic E-state index is 11.4. The van der Waals surface area contributed by atoms with Crippen molar-refractivity contribution in [3.8, 4) is 0 Å². The first-order valence-electron chi connectivity index (χ1n) is 6.13. The number of alkyl carbamates (subject to hydrolysis) is 1. The highest BCUT2D eigenvalue weighted by Gasteiger charge is 2.19. The molecule has 0 aliphatic carbocycles. The second-order valence-electron chi connectivity index (χ2n) is 4.41. The third-order valence-electron chi connectivity index (χ3n) is 2.89. The van der Waals surface area contributed by atoms with Gasteiger partial charge >= 0.3 is 6.09 Å². The lowest BCUT2D eigenvalue weighted by Crippen LogP contribution is -2.37. The predicted molar refractivity (Wildman–Crippen MR) is 70.5 cm³/mol. The topological polar surface area (TPSA) is 75.6 Å². The number of nitrogens with one attached hydrogen (secondary N) is 1. The minimum absolute atomic E-state index is 0.00559. The Kier molecular flexibility index (Phi) is 6.02. The third kappa shape index (κ3) is 5.52. The first kappa shape index (κ1) is 15.2. The van der Waals surface area contributed by atoms with Crippen LogP contribution in [0.1, 0.15) is 19.4 Å². The van der Waals surface area contributed by atoms with Crippen LogP contribution in [-0.4, -0.2) is 29.6 Å².